The second kappa shape index (κ2) is 11.3. The summed E-state index contributed by atoms with van der Waals surface area (Å²) in [6, 6.07) is 26.1. The van der Waals surface area contributed by atoms with Gasteiger partial charge in [-0.1, -0.05) is 48.5 Å². The Balaban J connectivity index is 1.24. The number of carbonyl (C=O) groups is 1. The number of likely N-dealkylation sites (tertiary alicyclic amines) is 1. The lowest BCUT2D eigenvalue weighted by Crippen LogP contribution is -2.21. The number of amides is 1. The van der Waals surface area contributed by atoms with E-state index in [2.05, 4.69) is 34.3 Å². The maximum Gasteiger partial charge on any atom is 0.255 e. The summed E-state index contributed by atoms with van der Waals surface area (Å²) < 4.78 is 0. The molecule has 1 aliphatic heterocycles. The quantitative estimate of drug-likeness (QED) is 0.342. The zero-order chi connectivity index (χ0) is 24.7. The molecule has 0 bridgehead atoms. The van der Waals surface area contributed by atoms with Crippen molar-refractivity contribution in [3.63, 3.8) is 0 Å². The fourth-order valence-electron chi connectivity index (χ4n) is 4.68. The van der Waals surface area contributed by atoms with Crippen LogP contribution in [0.4, 0.5) is 5.69 Å². The molecule has 2 heterocycles. The van der Waals surface area contributed by atoms with Crippen molar-refractivity contribution in [3.8, 4) is 11.3 Å². The summed E-state index contributed by atoms with van der Waals surface area (Å²) in [7, 11) is 0. The number of aromatic nitrogens is 2. The first-order valence-corrected chi connectivity index (χ1v) is 12.7. The van der Waals surface area contributed by atoms with Crippen LogP contribution >= 0.6 is 0 Å². The first-order valence-electron chi connectivity index (χ1n) is 12.7. The van der Waals surface area contributed by atoms with Gasteiger partial charge in [0.25, 0.3) is 5.91 Å². The predicted octanol–water partition coefficient (Wildman–Crippen LogP) is 5.93. The van der Waals surface area contributed by atoms with Gasteiger partial charge in [0.05, 0.1) is 5.69 Å². The minimum atomic E-state index is -0.111. The van der Waals surface area contributed by atoms with E-state index in [1.165, 1.54) is 31.5 Å². The number of carbonyl (C=O) groups excluding carboxylic acids is 1. The summed E-state index contributed by atoms with van der Waals surface area (Å²) in [4.78, 5) is 24.8. The van der Waals surface area contributed by atoms with Crippen LogP contribution in [0.1, 0.15) is 45.7 Å². The molecule has 4 aromatic rings. The molecule has 0 unspecified atom stereocenters. The van der Waals surface area contributed by atoms with Crippen molar-refractivity contribution in [2.75, 3.05) is 25.0 Å². The van der Waals surface area contributed by atoms with Gasteiger partial charge in [-0.3, -0.25) is 4.79 Å². The van der Waals surface area contributed by atoms with E-state index in [0.717, 1.165) is 46.9 Å². The number of aryl methyl sites for hydroxylation is 1. The number of benzene rings is 3. The van der Waals surface area contributed by atoms with Gasteiger partial charge in [-0.25, -0.2) is 9.97 Å². The van der Waals surface area contributed by atoms with Crippen LogP contribution in [0.15, 0.2) is 85.1 Å². The van der Waals surface area contributed by atoms with Crippen LogP contribution in [0, 0.1) is 6.92 Å². The summed E-state index contributed by atoms with van der Waals surface area (Å²) in [5.41, 5.74) is 6.87. The molecule has 5 rings (SSSR count). The normalized spacial score (nSPS) is 13.6. The summed E-state index contributed by atoms with van der Waals surface area (Å²) >= 11 is 0. The lowest BCUT2D eigenvalue weighted by atomic mass is 10.0. The third-order valence-corrected chi connectivity index (χ3v) is 6.86. The van der Waals surface area contributed by atoms with Crippen molar-refractivity contribution in [3.05, 3.63) is 113 Å². The molecule has 1 fully saturated rings. The summed E-state index contributed by atoms with van der Waals surface area (Å²) in [5.74, 6) is 0.626. The van der Waals surface area contributed by atoms with Crippen molar-refractivity contribution in [1.82, 2.24) is 14.9 Å². The van der Waals surface area contributed by atoms with Crippen molar-refractivity contribution in [2.24, 2.45) is 0 Å². The molecule has 36 heavy (non-hydrogen) atoms. The van der Waals surface area contributed by atoms with Crippen molar-refractivity contribution in [2.45, 2.75) is 32.6 Å². The van der Waals surface area contributed by atoms with E-state index in [4.69, 9.17) is 4.98 Å². The van der Waals surface area contributed by atoms with Crippen molar-refractivity contribution < 1.29 is 4.79 Å². The van der Waals surface area contributed by atoms with E-state index >= 15 is 0 Å². The summed E-state index contributed by atoms with van der Waals surface area (Å²) in [6.07, 6.45) is 6.05. The van der Waals surface area contributed by atoms with Gasteiger partial charge in [-0.2, -0.15) is 0 Å². The molecule has 1 N–H and O–H groups in total. The van der Waals surface area contributed by atoms with Gasteiger partial charge < -0.3 is 10.2 Å². The van der Waals surface area contributed by atoms with Crippen molar-refractivity contribution >= 4 is 11.6 Å². The van der Waals surface area contributed by atoms with Crippen LogP contribution in [0.25, 0.3) is 11.3 Å². The van der Waals surface area contributed by atoms with Gasteiger partial charge in [-0.15, -0.1) is 0 Å². The molecule has 5 nitrogen and oxygen atoms in total. The fourth-order valence-corrected chi connectivity index (χ4v) is 4.68. The highest BCUT2D eigenvalue weighted by molar-refractivity contribution is 6.04. The molecule has 0 atom stereocenters. The number of rotatable bonds is 8. The molecule has 0 radical (unpaired) electrons. The Hall–Kier alpha value is -3.83. The SMILES string of the molecule is Cc1ccc(C(=O)Nc2ccc(CCN3CCCC3)cc2)cc1Cc1nccc(-c2ccccc2)n1. The van der Waals surface area contributed by atoms with Crippen molar-refractivity contribution in [1.29, 1.82) is 0 Å². The molecule has 1 saturated heterocycles. The molecule has 3 aromatic carbocycles. The first-order chi connectivity index (χ1) is 17.6. The van der Waals surface area contributed by atoms with Gasteiger partial charge >= 0.3 is 0 Å². The minimum absolute atomic E-state index is 0.111. The minimum Gasteiger partial charge on any atom is -0.322 e. The van der Waals surface area contributed by atoms with Gasteiger partial charge in [0.15, 0.2) is 0 Å². The second-order valence-corrected chi connectivity index (χ2v) is 9.49. The average Bonchev–Trinajstić information content (AvgIpc) is 3.44. The lowest BCUT2D eigenvalue weighted by Gasteiger charge is -2.14. The number of anilines is 1. The average molecular weight is 477 g/mol. The maximum atomic E-state index is 13.0. The highest BCUT2D eigenvalue weighted by atomic mass is 16.1. The number of hydrogen-bond acceptors (Lipinski definition) is 4. The third-order valence-electron chi connectivity index (χ3n) is 6.86. The standard InChI is InChI=1S/C31H32N4O/c1-23-9-12-26(21-27(23)22-30-32-17-15-29(34-30)25-7-3-2-4-8-25)31(36)33-28-13-10-24(11-14-28)16-20-35-18-5-6-19-35/h2-4,7-15,17,21H,5-6,16,18-20,22H2,1H3,(H,33,36). The van der Waals surface area contributed by atoms with E-state index in [9.17, 15) is 4.79 Å². The number of hydrogen-bond donors (Lipinski definition) is 1. The molecule has 0 aliphatic carbocycles. The molecule has 0 spiro atoms. The van der Waals surface area contributed by atoms with Crippen LogP contribution in [0.5, 0.6) is 0 Å². The molecule has 1 amide bonds. The topological polar surface area (TPSA) is 58.1 Å². The van der Waals surface area contributed by atoms with Gasteiger partial charge in [0.1, 0.15) is 5.82 Å². The van der Waals surface area contributed by atoms with Crippen LogP contribution < -0.4 is 5.32 Å². The molecular weight excluding hydrogens is 444 g/mol. The highest BCUT2D eigenvalue weighted by Crippen LogP contribution is 2.20. The smallest absolute Gasteiger partial charge is 0.255 e. The fraction of sp³-hybridized carbons (Fsp3) is 0.258. The highest BCUT2D eigenvalue weighted by Gasteiger charge is 2.13. The zero-order valence-electron chi connectivity index (χ0n) is 20.8. The Morgan fingerprint density at radius 1 is 0.944 bits per heavy atom. The predicted molar refractivity (Wildman–Crippen MR) is 145 cm³/mol. The summed E-state index contributed by atoms with van der Waals surface area (Å²) in [6.45, 7) is 5.60. The van der Waals surface area contributed by atoms with Crippen LogP contribution in [0.3, 0.4) is 0 Å². The first kappa shape index (κ1) is 23.9. The van der Waals surface area contributed by atoms with Gasteiger partial charge in [-0.05, 0) is 86.3 Å². The van der Waals surface area contributed by atoms with E-state index in [1.807, 2.05) is 66.7 Å². The van der Waals surface area contributed by atoms with Crippen LogP contribution in [-0.2, 0) is 12.8 Å². The molecule has 5 heteroatoms. The zero-order valence-corrected chi connectivity index (χ0v) is 20.8. The molecule has 0 saturated carbocycles. The number of nitrogens with zero attached hydrogens (tertiary/aromatic N) is 3. The van der Waals surface area contributed by atoms with E-state index in [1.54, 1.807) is 6.20 Å². The molecule has 182 valence electrons. The second-order valence-electron chi connectivity index (χ2n) is 9.49. The van der Waals surface area contributed by atoms with Gasteiger partial charge in [0, 0.05) is 36.0 Å². The van der Waals surface area contributed by atoms with Gasteiger partial charge in [0.2, 0.25) is 0 Å². The van der Waals surface area contributed by atoms with Crippen LogP contribution in [-0.4, -0.2) is 40.4 Å². The third kappa shape index (κ3) is 6.04. The number of nitrogens with one attached hydrogen (secondary N) is 1. The van der Waals surface area contributed by atoms with Crippen LogP contribution in [0.2, 0.25) is 0 Å². The Bertz CT molecular complexity index is 1310. The Labute approximate surface area is 213 Å². The molecule has 1 aromatic heterocycles. The Morgan fingerprint density at radius 2 is 1.72 bits per heavy atom. The monoisotopic (exact) mass is 476 g/mol. The Kier molecular flexibility index (Phi) is 7.48. The Morgan fingerprint density at radius 3 is 2.50 bits per heavy atom. The maximum absolute atomic E-state index is 13.0. The van der Waals surface area contributed by atoms with E-state index in [-0.39, 0.29) is 5.91 Å². The van der Waals surface area contributed by atoms with E-state index < -0.39 is 0 Å². The van der Waals surface area contributed by atoms with E-state index in [0.29, 0.717) is 12.0 Å². The lowest BCUT2D eigenvalue weighted by molar-refractivity contribution is 0.102. The molecule has 1 aliphatic rings. The summed E-state index contributed by atoms with van der Waals surface area (Å²) in [5, 5.41) is 3.04. The molecular formula is C31H32N4O. The largest absolute Gasteiger partial charge is 0.322 e.